The average Bonchev–Trinajstić information content (AvgIpc) is 2.31. The zero-order valence-electron chi connectivity index (χ0n) is 9.89. The summed E-state index contributed by atoms with van der Waals surface area (Å²) in [6, 6.07) is 9.49. The normalized spacial score (nSPS) is 8.81. The maximum Gasteiger partial charge on any atom is 0.293 e. The number of ether oxygens (including phenoxy) is 1. The average molecular weight is 223 g/mol. The van der Waals surface area contributed by atoms with Crippen LogP contribution in [0.25, 0.3) is 0 Å². The van der Waals surface area contributed by atoms with Crippen LogP contribution in [0.3, 0.4) is 0 Å². The molecule has 0 radical (unpaired) electrons. The Balaban J connectivity index is 0.000000288. The molecule has 1 aromatic rings. The molecule has 0 aromatic heterocycles. The predicted octanol–water partition coefficient (Wildman–Crippen LogP) is 3.01. The van der Waals surface area contributed by atoms with Crippen molar-refractivity contribution in [2.24, 2.45) is 0 Å². The summed E-state index contributed by atoms with van der Waals surface area (Å²) in [6.07, 6.45) is 4.64. The number of unbranched alkanes of at least 4 members (excludes halogenated alkanes) is 3. The minimum Gasteiger partial charge on any atom is -0.468 e. The fourth-order valence-corrected chi connectivity index (χ4v) is 1.11. The van der Waals surface area contributed by atoms with E-state index >= 15 is 0 Å². The maximum absolute atomic E-state index is 9.62. The van der Waals surface area contributed by atoms with E-state index in [2.05, 4.69) is 11.7 Å². The molecule has 0 spiro atoms. The third-order valence-electron chi connectivity index (χ3n) is 1.98. The molecule has 0 saturated heterocycles. The van der Waals surface area contributed by atoms with E-state index < -0.39 is 0 Å². The number of rotatable bonds is 6. The molecule has 0 fully saturated rings. The summed E-state index contributed by atoms with van der Waals surface area (Å²) >= 11 is 0. The molecule has 0 aliphatic heterocycles. The van der Waals surface area contributed by atoms with E-state index in [0.717, 1.165) is 12.1 Å². The van der Waals surface area contributed by atoms with Crippen LogP contribution < -0.4 is 5.73 Å². The summed E-state index contributed by atoms with van der Waals surface area (Å²) in [6.45, 7) is 3.25. The molecule has 1 aromatic carbocycles. The Morgan fingerprint density at radius 1 is 1.19 bits per heavy atom. The van der Waals surface area contributed by atoms with Gasteiger partial charge >= 0.3 is 0 Å². The molecule has 0 bridgehead atoms. The van der Waals surface area contributed by atoms with Gasteiger partial charge in [0.2, 0.25) is 0 Å². The molecule has 0 aliphatic carbocycles. The lowest BCUT2D eigenvalue weighted by atomic mass is 10.2. The minimum atomic E-state index is 0.506. The smallest absolute Gasteiger partial charge is 0.293 e. The molecule has 0 unspecified atom stereocenters. The van der Waals surface area contributed by atoms with Crippen LogP contribution in [0, 0.1) is 0 Å². The number of benzene rings is 1. The van der Waals surface area contributed by atoms with Gasteiger partial charge in [-0.25, -0.2) is 0 Å². The van der Waals surface area contributed by atoms with Crippen molar-refractivity contribution in [2.45, 2.75) is 32.6 Å². The number of hydrogen-bond donors (Lipinski definition) is 1. The van der Waals surface area contributed by atoms with E-state index in [1.165, 1.54) is 19.3 Å². The Morgan fingerprint density at radius 2 is 1.88 bits per heavy atom. The van der Waals surface area contributed by atoms with Gasteiger partial charge in [-0.3, -0.25) is 4.79 Å². The van der Waals surface area contributed by atoms with Gasteiger partial charge in [-0.15, -0.1) is 0 Å². The molecule has 0 saturated carbocycles. The van der Waals surface area contributed by atoms with Crippen molar-refractivity contribution in [3.05, 3.63) is 30.3 Å². The van der Waals surface area contributed by atoms with E-state index in [0.29, 0.717) is 13.1 Å². The molecule has 3 heteroatoms. The van der Waals surface area contributed by atoms with Crippen LogP contribution in [-0.4, -0.2) is 13.1 Å². The first-order valence-corrected chi connectivity index (χ1v) is 5.67. The summed E-state index contributed by atoms with van der Waals surface area (Å²) in [5.74, 6) is 0. The molecule has 0 atom stereocenters. The van der Waals surface area contributed by atoms with Gasteiger partial charge in [0.15, 0.2) is 0 Å². The number of hydrogen-bond acceptors (Lipinski definition) is 3. The highest BCUT2D eigenvalue weighted by Crippen LogP contribution is 1.97. The molecule has 16 heavy (non-hydrogen) atoms. The van der Waals surface area contributed by atoms with Crippen molar-refractivity contribution >= 4 is 12.2 Å². The minimum absolute atomic E-state index is 0.506. The second-order valence-corrected chi connectivity index (χ2v) is 3.44. The fourth-order valence-electron chi connectivity index (χ4n) is 1.11. The van der Waals surface area contributed by atoms with Crippen LogP contribution >= 0.6 is 0 Å². The summed E-state index contributed by atoms with van der Waals surface area (Å²) in [5.41, 5.74) is 6.18. The number of nitrogen functional groups attached to an aromatic ring is 1. The zero-order valence-corrected chi connectivity index (χ0v) is 9.89. The van der Waals surface area contributed by atoms with Crippen molar-refractivity contribution in [3.8, 4) is 0 Å². The van der Waals surface area contributed by atoms with E-state index in [1.54, 1.807) is 0 Å². The first kappa shape index (κ1) is 14.5. The Labute approximate surface area is 97.6 Å². The molecular formula is C13H21NO2. The second kappa shape index (κ2) is 11.6. The highest BCUT2D eigenvalue weighted by Gasteiger charge is 1.85. The Morgan fingerprint density at radius 3 is 2.31 bits per heavy atom. The van der Waals surface area contributed by atoms with Gasteiger partial charge < -0.3 is 10.5 Å². The first-order valence-electron chi connectivity index (χ1n) is 5.67. The van der Waals surface area contributed by atoms with Gasteiger partial charge in [-0.05, 0) is 18.6 Å². The largest absolute Gasteiger partial charge is 0.468 e. The Bertz CT molecular complexity index is 249. The molecule has 1 rings (SSSR count). The molecule has 2 N–H and O–H groups in total. The first-order chi connectivity index (χ1) is 7.81. The Hall–Kier alpha value is -1.51. The van der Waals surface area contributed by atoms with Crippen LogP contribution in [0.2, 0.25) is 0 Å². The summed E-state index contributed by atoms with van der Waals surface area (Å²) in [5, 5.41) is 0. The quantitative estimate of drug-likeness (QED) is 0.458. The number of anilines is 1. The van der Waals surface area contributed by atoms with Gasteiger partial charge in [-0.1, -0.05) is 44.4 Å². The lowest BCUT2D eigenvalue weighted by molar-refractivity contribution is -0.128. The van der Waals surface area contributed by atoms with Crippen LogP contribution in [0.5, 0.6) is 0 Å². The number of nitrogens with two attached hydrogens (primary N) is 1. The lowest BCUT2D eigenvalue weighted by Gasteiger charge is -1.95. The van der Waals surface area contributed by atoms with Crippen LogP contribution in [0.1, 0.15) is 32.6 Å². The van der Waals surface area contributed by atoms with E-state index in [4.69, 9.17) is 5.73 Å². The molecule has 3 nitrogen and oxygen atoms in total. The topological polar surface area (TPSA) is 52.3 Å². The van der Waals surface area contributed by atoms with Gasteiger partial charge in [0.1, 0.15) is 0 Å². The standard InChI is InChI=1S/C7H14O2.C6H7N/c1-2-3-4-5-6-9-7-8;7-6-4-2-1-3-5-6/h7H,2-6H2,1H3;1-5H,7H2. The highest BCUT2D eigenvalue weighted by molar-refractivity contribution is 5.36. The molecule has 90 valence electrons. The lowest BCUT2D eigenvalue weighted by Crippen LogP contribution is -1.90. The molecule has 0 amide bonds. The highest BCUT2D eigenvalue weighted by atomic mass is 16.5. The van der Waals surface area contributed by atoms with Crippen LogP contribution in [0.15, 0.2) is 30.3 Å². The van der Waals surface area contributed by atoms with Crippen LogP contribution in [0.4, 0.5) is 5.69 Å². The molecular weight excluding hydrogens is 202 g/mol. The predicted molar refractivity (Wildman–Crippen MR) is 67.0 cm³/mol. The third kappa shape index (κ3) is 10.6. The number of carbonyl (C=O) groups is 1. The van der Waals surface area contributed by atoms with E-state index in [-0.39, 0.29) is 0 Å². The van der Waals surface area contributed by atoms with E-state index in [9.17, 15) is 4.79 Å². The van der Waals surface area contributed by atoms with Crippen molar-refractivity contribution in [3.63, 3.8) is 0 Å². The number of carbonyl (C=O) groups excluding carboxylic acids is 1. The van der Waals surface area contributed by atoms with Crippen molar-refractivity contribution in [2.75, 3.05) is 12.3 Å². The van der Waals surface area contributed by atoms with Gasteiger partial charge in [0.05, 0.1) is 6.61 Å². The second-order valence-electron chi connectivity index (χ2n) is 3.44. The Kier molecular flexibility index (Phi) is 10.5. The zero-order chi connectivity index (χ0) is 12.1. The van der Waals surface area contributed by atoms with Crippen molar-refractivity contribution in [1.29, 1.82) is 0 Å². The van der Waals surface area contributed by atoms with Gasteiger partial charge in [-0.2, -0.15) is 0 Å². The van der Waals surface area contributed by atoms with E-state index in [1.807, 2.05) is 30.3 Å². The van der Waals surface area contributed by atoms with Crippen molar-refractivity contribution in [1.82, 2.24) is 0 Å². The SMILES string of the molecule is CCCCCCOC=O.Nc1ccccc1. The molecule has 0 aliphatic rings. The van der Waals surface area contributed by atoms with Gasteiger partial charge in [0, 0.05) is 5.69 Å². The van der Waals surface area contributed by atoms with Crippen LogP contribution in [-0.2, 0) is 9.53 Å². The summed E-state index contributed by atoms with van der Waals surface area (Å²) in [7, 11) is 0. The van der Waals surface area contributed by atoms with Crippen molar-refractivity contribution < 1.29 is 9.53 Å². The number of para-hydroxylation sites is 1. The monoisotopic (exact) mass is 223 g/mol. The summed E-state index contributed by atoms with van der Waals surface area (Å²) in [4.78, 5) is 9.62. The maximum atomic E-state index is 9.62. The summed E-state index contributed by atoms with van der Waals surface area (Å²) < 4.78 is 4.50. The van der Waals surface area contributed by atoms with Gasteiger partial charge in [0.25, 0.3) is 6.47 Å². The fraction of sp³-hybridized carbons (Fsp3) is 0.462. The molecule has 0 heterocycles. The third-order valence-corrected chi connectivity index (χ3v) is 1.98.